The first-order valence-corrected chi connectivity index (χ1v) is 12.0. The van der Waals surface area contributed by atoms with Gasteiger partial charge in [-0.1, -0.05) is 98.5 Å². The molecular formula is C27H52. The minimum atomic E-state index is 0.619. The average Bonchev–Trinajstić information content (AvgIpc) is 2.67. The molecule has 0 saturated heterocycles. The van der Waals surface area contributed by atoms with Gasteiger partial charge >= 0.3 is 0 Å². The van der Waals surface area contributed by atoms with E-state index in [-0.39, 0.29) is 0 Å². The third-order valence-corrected chi connectivity index (χ3v) is 7.32. The first-order valence-electron chi connectivity index (χ1n) is 12.0. The lowest BCUT2D eigenvalue weighted by molar-refractivity contribution is 0.416. The highest BCUT2D eigenvalue weighted by molar-refractivity contribution is 5.25. The molecule has 0 aliphatic rings. The lowest BCUT2D eigenvalue weighted by Crippen LogP contribution is -2.16. The molecule has 27 heavy (non-hydrogen) atoms. The van der Waals surface area contributed by atoms with Crippen molar-refractivity contribution < 1.29 is 0 Å². The van der Waals surface area contributed by atoms with E-state index in [0.29, 0.717) is 23.7 Å². The molecule has 0 heterocycles. The van der Waals surface area contributed by atoms with Crippen molar-refractivity contribution >= 4 is 0 Å². The van der Waals surface area contributed by atoms with Crippen molar-refractivity contribution in [2.45, 2.75) is 115 Å². The van der Waals surface area contributed by atoms with Gasteiger partial charge in [0.15, 0.2) is 0 Å². The summed E-state index contributed by atoms with van der Waals surface area (Å²) in [5, 5.41) is 0. The monoisotopic (exact) mass is 376 g/mol. The first-order chi connectivity index (χ1) is 12.6. The number of allylic oxidation sites excluding steroid dienone is 4. The van der Waals surface area contributed by atoms with Crippen LogP contribution in [0.3, 0.4) is 0 Å². The molecule has 0 aromatic heterocycles. The normalized spacial score (nSPS) is 18.5. The minimum absolute atomic E-state index is 0.619. The zero-order chi connectivity index (χ0) is 21.1. The van der Waals surface area contributed by atoms with Gasteiger partial charge < -0.3 is 0 Å². The van der Waals surface area contributed by atoms with Crippen LogP contribution in [0.25, 0.3) is 0 Å². The SMILES string of the molecule is CCC(C)C(=CC(CC)C(CCC(C)C)=C(C)C(C)C(C)CC)C(C)CC. The van der Waals surface area contributed by atoms with E-state index in [9.17, 15) is 0 Å². The standard InChI is InChI=1S/C27H52/c1-12-20(7)23(10)24(11)26(17-16-19(5)6)25(15-4)18-27(21(8)13-2)22(9)14-3/h18-23,25H,12-17H2,1-11H3. The molecule has 0 nitrogen and oxygen atoms in total. The highest BCUT2D eigenvalue weighted by Crippen LogP contribution is 2.36. The van der Waals surface area contributed by atoms with Gasteiger partial charge in [0, 0.05) is 0 Å². The van der Waals surface area contributed by atoms with E-state index >= 15 is 0 Å². The quantitative estimate of drug-likeness (QED) is 0.281. The summed E-state index contributed by atoms with van der Waals surface area (Å²) in [5.41, 5.74) is 5.14. The van der Waals surface area contributed by atoms with E-state index in [0.717, 1.165) is 11.8 Å². The maximum atomic E-state index is 2.70. The van der Waals surface area contributed by atoms with Gasteiger partial charge in [0.25, 0.3) is 0 Å². The molecule has 5 unspecified atom stereocenters. The van der Waals surface area contributed by atoms with Crippen LogP contribution < -0.4 is 0 Å². The van der Waals surface area contributed by atoms with Crippen molar-refractivity contribution in [1.82, 2.24) is 0 Å². The number of hydrogen-bond donors (Lipinski definition) is 0. The van der Waals surface area contributed by atoms with Crippen LogP contribution in [0.2, 0.25) is 0 Å². The summed E-state index contributed by atoms with van der Waals surface area (Å²) in [6.07, 6.45) is 10.3. The van der Waals surface area contributed by atoms with Gasteiger partial charge in [0.1, 0.15) is 0 Å². The van der Waals surface area contributed by atoms with Crippen LogP contribution in [0.1, 0.15) is 115 Å². The van der Waals surface area contributed by atoms with Gasteiger partial charge in [-0.15, -0.1) is 0 Å². The maximum Gasteiger partial charge on any atom is -0.00203 e. The lowest BCUT2D eigenvalue weighted by atomic mass is 9.77. The summed E-state index contributed by atoms with van der Waals surface area (Å²) in [6, 6.07) is 0. The van der Waals surface area contributed by atoms with Gasteiger partial charge in [-0.25, -0.2) is 0 Å². The van der Waals surface area contributed by atoms with Crippen LogP contribution >= 0.6 is 0 Å². The highest BCUT2D eigenvalue weighted by atomic mass is 14.3. The van der Waals surface area contributed by atoms with Crippen LogP contribution in [0.5, 0.6) is 0 Å². The average molecular weight is 377 g/mol. The number of hydrogen-bond acceptors (Lipinski definition) is 0. The molecule has 0 rings (SSSR count). The molecule has 0 N–H and O–H groups in total. The Bertz CT molecular complexity index is 439. The Kier molecular flexibility index (Phi) is 13.4. The predicted molar refractivity (Wildman–Crippen MR) is 126 cm³/mol. The van der Waals surface area contributed by atoms with Crippen LogP contribution in [0.15, 0.2) is 22.8 Å². The van der Waals surface area contributed by atoms with Gasteiger partial charge in [-0.2, -0.15) is 0 Å². The molecule has 0 saturated carbocycles. The van der Waals surface area contributed by atoms with E-state index < -0.39 is 0 Å². The third-order valence-electron chi connectivity index (χ3n) is 7.32. The Hall–Kier alpha value is -0.520. The highest BCUT2D eigenvalue weighted by Gasteiger charge is 2.22. The van der Waals surface area contributed by atoms with E-state index in [1.165, 1.54) is 38.5 Å². The summed E-state index contributed by atoms with van der Waals surface area (Å²) >= 11 is 0. The van der Waals surface area contributed by atoms with Crippen LogP contribution in [-0.4, -0.2) is 0 Å². The Morgan fingerprint density at radius 1 is 0.741 bits per heavy atom. The van der Waals surface area contributed by atoms with Crippen molar-refractivity contribution in [3.63, 3.8) is 0 Å². The molecule has 0 radical (unpaired) electrons. The summed E-state index contributed by atoms with van der Waals surface area (Å²) in [4.78, 5) is 0. The van der Waals surface area contributed by atoms with Crippen molar-refractivity contribution in [2.75, 3.05) is 0 Å². The summed E-state index contributed by atoms with van der Waals surface area (Å²) in [7, 11) is 0. The molecule has 160 valence electrons. The molecule has 0 fully saturated rings. The van der Waals surface area contributed by atoms with Gasteiger partial charge in [0.05, 0.1) is 0 Å². The molecule has 0 aliphatic carbocycles. The molecular weight excluding hydrogens is 324 g/mol. The Labute approximate surface area is 173 Å². The molecule has 0 aromatic rings. The van der Waals surface area contributed by atoms with Crippen LogP contribution in [0, 0.1) is 35.5 Å². The Balaban J connectivity index is 6.10. The van der Waals surface area contributed by atoms with E-state index in [4.69, 9.17) is 0 Å². The summed E-state index contributed by atoms with van der Waals surface area (Å²) in [6.45, 7) is 26.3. The van der Waals surface area contributed by atoms with E-state index in [1.807, 2.05) is 0 Å². The van der Waals surface area contributed by atoms with E-state index in [1.54, 1.807) is 16.7 Å². The zero-order valence-electron chi connectivity index (χ0n) is 20.8. The fourth-order valence-corrected chi connectivity index (χ4v) is 4.17. The second-order valence-electron chi connectivity index (χ2n) is 9.61. The molecule has 0 aliphatic heterocycles. The fraction of sp³-hybridized carbons (Fsp3) is 0.852. The van der Waals surface area contributed by atoms with Crippen molar-refractivity contribution in [3.05, 3.63) is 22.8 Å². The predicted octanol–water partition coefficient (Wildman–Crippen LogP) is 9.47. The minimum Gasteiger partial charge on any atom is -0.0776 e. The zero-order valence-corrected chi connectivity index (χ0v) is 20.8. The smallest absolute Gasteiger partial charge is 0.00203 e. The van der Waals surface area contributed by atoms with E-state index in [2.05, 4.69) is 82.2 Å². The summed E-state index contributed by atoms with van der Waals surface area (Å²) < 4.78 is 0. The topological polar surface area (TPSA) is 0 Å². The Morgan fingerprint density at radius 3 is 1.63 bits per heavy atom. The van der Waals surface area contributed by atoms with Crippen molar-refractivity contribution in [3.8, 4) is 0 Å². The molecule has 0 heteroatoms. The molecule has 0 amide bonds. The molecule has 0 spiro atoms. The van der Waals surface area contributed by atoms with Crippen molar-refractivity contribution in [1.29, 1.82) is 0 Å². The maximum absolute atomic E-state index is 2.70. The second-order valence-corrected chi connectivity index (χ2v) is 9.61. The van der Waals surface area contributed by atoms with Gasteiger partial charge in [-0.3, -0.25) is 0 Å². The van der Waals surface area contributed by atoms with Crippen LogP contribution in [0.4, 0.5) is 0 Å². The number of rotatable bonds is 13. The van der Waals surface area contributed by atoms with Crippen molar-refractivity contribution in [2.24, 2.45) is 35.5 Å². The van der Waals surface area contributed by atoms with Gasteiger partial charge in [0.2, 0.25) is 0 Å². The largest absolute Gasteiger partial charge is 0.0776 e. The second kappa shape index (κ2) is 13.6. The fourth-order valence-electron chi connectivity index (χ4n) is 4.17. The lowest BCUT2D eigenvalue weighted by Gasteiger charge is -2.29. The summed E-state index contributed by atoms with van der Waals surface area (Å²) in [5.74, 6) is 4.25. The molecule has 5 atom stereocenters. The third kappa shape index (κ3) is 8.57. The van der Waals surface area contributed by atoms with Gasteiger partial charge in [-0.05, 0) is 74.5 Å². The molecule has 0 bridgehead atoms. The van der Waals surface area contributed by atoms with Crippen LogP contribution in [-0.2, 0) is 0 Å². The first kappa shape index (κ1) is 26.5. The Morgan fingerprint density at radius 2 is 1.26 bits per heavy atom. The molecule has 0 aromatic carbocycles.